The van der Waals surface area contributed by atoms with Crippen LogP contribution in [0.4, 0.5) is 0 Å². The number of oxazole rings is 1. The summed E-state index contributed by atoms with van der Waals surface area (Å²) in [5, 5.41) is 0. The van der Waals surface area contributed by atoms with Crippen LogP contribution in [-0.4, -0.2) is 9.55 Å². The fraction of sp³-hybridized carbons (Fsp3) is 0.235. The van der Waals surface area contributed by atoms with Gasteiger partial charge >= 0.3 is 0 Å². The Bertz CT molecular complexity index is 1760. The zero-order chi connectivity index (χ0) is 26.6. The van der Waals surface area contributed by atoms with E-state index in [1.165, 1.54) is 27.8 Å². The van der Waals surface area contributed by atoms with E-state index in [1.54, 1.807) is 0 Å². The number of imidazole rings is 1. The van der Waals surface area contributed by atoms with Crippen LogP contribution in [0.2, 0.25) is 0 Å². The van der Waals surface area contributed by atoms with Crippen molar-refractivity contribution in [3.05, 3.63) is 102 Å². The fourth-order valence-electron chi connectivity index (χ4n) is 5.63. The highest BCUT2D eigenvalue weighted by Gasteiger charge is 2.31. The van der Waals surface area contributed by atoms with Crippen LogP contribution in [0.3, 0.4) is 0 Å². The molecule has 0 atom stereocenters. The highest BCUT2D eigenvalue weighted by molar-refractivity contribution is 5.86. The predicted molar refractivity (Wildman–Crippen MR) is 156 cm³/mol. The van der Waals surface area contributed by atoms with Crippen LogP contribution >= 0.6 is 0 Å². The molecule has 0 spiro atoms. The summed E-state index contributed by atoms with van der Waals surface area (Å²) in [5.74, 6) is 2.56. The predicted octanol–water partition coefficient (Wildman–Crippen LogP) is 8.49. The van der Waals surface area contributed by atoms with E-state index in [1.807, 2.05) is 30.3 Å². The van der Waals surface area contributed by atoms with Gasteiger partial charge in [0.2, 0.25) is 5.89 Å². The lowest BCUT2D eigenvalue weighted by Crippen LogP contribution is -2.30. The largest absolute Gasteiger partial charge is 0.436 e. The maximum atomic E-state index is 6.21. The van der Waals surface area contributed by atoms with Crippen LogP contribution < -0.4 is 4.57 Å². The first kappa shape index (κ1) is 24.2. The van der Waals surface area contributed by atoms with E-state index in [9.17, 15) is 0 Å². The van der Waals surface area contributed by atoms with E-state index in [0.717, 1.165) is 33.6 Å². The van der Waals surface area contributed by atoms with Gasteiger partial charge in [-0.05, 0) is 60.7 Å². The molecular weight excluding hydrogens is 466 g/mol. The smallest absolute Gasteiger partial charge is 0.295 e. The van der Waals surface area contributed by atoms with Crippen LogP contribution in [0.15, 0.2) is 89.3 Å². The van der Waals surface area contributed by atoms with Gasteiger partial charge in [-0.3, -0.25) is 0 Å². The van der Waals surface area contributed by atoms with Crippen molar-refractivity contribution < 1.29 is 8.98 Å². The molecule has 4 aromatic carbocycles. The monoisotopic (exact) mass is 500 g/mol. The van der Waals surface area contributed by atoms with Crippen molar-refractivity contribution in [1.29, 1.82) is 0 Å². The molecule has 0 aliphatic carbocycles. The van der Waals surface area contributed by atoms with Gasteiger partial charge < -0.3 is 4.42 Å². The van der Waals surface area contributed by atoms with Crippen molar-refractivity contribution in [2.24, 2.45) is 7.05 Å². The third-order valence-corrected chi connectivity index (χ3v) is 7.58. The first-order valence-corrected chi connectivity index (χ1v) is 13.4. The normalized spacial score (nSPS) is 11.9. The Hall–Kier alpha value is -4.18. The maximum Gasteiger partial charge on any atom is 0.295 e. The molecular formula is C34H34N3O+. The summed E-state index contributed by atoms with van der Waals surface area (Å²) in [6.45, 7) is 11.3. The second-order valence-electron chi connectivity index (χ2n) is 10.8. The Labute approximate surface area is 224 Å². The molecule has 0 amide bonds. The van der Waals surface area contributed by atoms with Gasteiger partial charge in [0.05, 0.1) is 12.6 Å². The van der Waals surface area contributed by atoms with Gasteiger partial charge in [-0.2, -0.15) is 4.57 Å². The molecule has 0 saturated carbocycles. The van der Waals surface area contributed by atoms with Crippen LogP contribution in [0, 0.1) is 6.92 Å². The highest BCUT2D eigenvalue weighted by Crippen LogP contribution is 2.38. The van der Waals surface area contributed by atoms with Gasteiger partial charge in [-0.25, -0.2) is 9.55 Å². The number of benzene rings is 4. The van der Waals surface area contributed by atoms with Crippen molar-refractivity contribution in [2.75, 3.05) is 0 Å². The minimum atomic E-state index is 0.385. The van der Waals surface area contributed by atoms with Gasteiger partial charge in [0.1, 0.15) is 11.2 Å². The first-order valence-electron chi connectivity index (χ1n) is 13.4. The average molecular weight is 501 g/mol. The molecule has 0 bridgehead atoms. The molecule has 0 aliphatic heterocycles. The summed E-state index contributed by atoms with van der Waals surface area (Å²) in [7, 11) is 2.17. The summed E-state index contributed by atoms with van der Waals surface area (Å²) < 4.78 is 11.0. The number of fused-ring (bicyclic) bond motifs is 2. The molecule has 0 N–H and O–H groups in total. The standard InChI is InChI=1S/C34H34N3O/c1-21(2)25-15-12-16-26(22(3)4)32(25)37-30-18-11-10-17-29(30)36(6)34(37)27-20-28-31(19-23(27)5)38-33(35-28)24-13-8-7-9-14-24/h7-22H,1-6H3/q+1. The van der Waals surface area contributed by atoms with E-state index >= 15 is 0 Å². The van der Waals surface area contributed by atoms with Crippen molar-refractivity contribution in [1.82, 2.24) is 9.55 Å². The molecule has 6 aromatic rings. The zero-order valence-electron chi connectivity index (χ0n) is 23.0. The molecule has 6 rings (SSSR count). The van der Waals surface area contributed by atoms with Crippen molar-refractivity contribution in [2.45, 2.75) is 46.5 Å². The van der Waals surface area contributed by atoms with Crippen molar-refractivity contribution in [3.8, 4) is 28.5 Å². The summed E-state index contributed by atoms with van der Waals surface area (Å²) in [6, 6.07) is 29.9. The van der Waals surface area contributed by atoms with Gasteiger partial charge in [0, 0.05) is 16.7 Å². The molecule has 0 saturated heterocycles. The second-order valence-corrected chi connectivity index (χ2v) is 10.8. The van der Waals surface area contributed by atoms with E-state index in [2.05, 4.69) is 105 Å². The third-order valence-electron chi connectivity index (χ3n) is 7.58. The topological polar surface area (TPSA) is 34.8 Å². The summed E-state index contributed by atoms with van der Waals surface area (Å²) >= 11 is 0. The minimum Gasteiger partial charge on any atom is -0.436 e. The average Bonchev–Trinajstić information content (AvgIpc) is 3.46. The maximum absolute atomic E-state index is 6.21. The number of rotatable bonds is 5. The third kappa shape index (κ3) is 3.83. The van der Waals surface area contributed by atoms with Crippen molar-refractivity contribution in [3.63, 3.8) is 0 Å². The molecule has 190 valence electrons. The number of aromatic nitrogens is 3. The number of para-hydroxylation sites is 3. The highest BCUT2D eigenvalue weighted by atomic mass is 16.3. The molecule has 0 unspecified atom stereocenters. The van der Waals surface area contributed by atoms with Crippen LogP contribution in [0.25, 0.3) is 50.7 Å². The van der Waals surface area contributed by atoms with E-state index in [0.29, 0.717) is 17.7 Å². The summed E-state index contributed by atoms with van der Waals surface area (Å²) in [5.41, 5.74) is 11.3. The molecule has 2 heterocycles. The van der Waals surface area contributed by atoms with Crippen LogP contribution in [0.1, 0.15) is 56.2 Å². The summed E-state index contributed by atoms with van der Waals surface area (Å²) in [6.07, 6.45) is 0. The Morgan fingerprint density at radius 1 is 0.789 bits per heavy atom. The number of aryl methyl sites for hydroxylation is 2. The molecule has 4 nitrogen and oxygen atoms in total. The first-order chi connectivity index (χ1) is 18.3. The number of hydrogen-bond donors (Lipinski definition) is 0. The molecule has 0 aliphatic rings. The quantitative estimate of drug-likeness (QED) is 0.222. The van der Waals surface area contributed by atoms with Gasteiger partial charge in [0.15, 0.2) is 16.6 Å². The Kier molecular flexibility index (Phi) is 5.91. The van der Waals surface area contributed by atoms with Gasteiger partial charge in [-0.15, -0.1) is 0 Å². The van der Waals surface area contributed by atoms with E-state index in [-0.39, 0.29) is 0 Å². The number of nitrogens with zero attached hydrogens (tertiary/aromatic N) is 3. The summed E-state index contributed by atoms with van der Waals surface area (Å²) in [4.78, 5) is 4.90. The SMILES string of the molecule is Cc1cc2oc(-c3ccccc3)nc2cc1-c1n(-c2c(C(C)C)cccc2C(C)C)c2ccccc2[n+]1C. The van der Waals surface area contributed by atoms with Crippen molar-refractivity contribution >= 4 is 22.1 Å². The molecule has 0 radical (unpaired) electrons. The van der Waals surface area contributed by atoms with E-state index in [4.69, 9.17) is 9.40 Å². The van der Waals surface area contributed by atoms with Crippen LogP contribution in [0.5, 0.6) is 0 Å². The molecule has 38 heavy (non-hydrogen) atoms. The Balaban J connectivity index is 1.69. The lowest BCUT2D eigenvalue weighted by atomic mass is 9.92. The Morgan fingerprint density at radius 3 is 2.13 bits per heavy atom. The molecule has 4 heteroatoms. The van der Waals surface area contributed by atoms with E-state index < -0.39 is 0 Å². The Morgan fingerprint density at radius 2 is 1.45 bits per heavy atom. The number of hydrogen-bond acceptors (Lipinski definition) is 2. The van der Waals surface area contributed by atoms with Gasteiger partial charge in [-0.1, -0.05) is 76.2 Å². The fourth-order valence-corrected chi connectivity index (χ4v) is 5.63. The lowest BCUT2D eigenvalue weighted by Gasteiger charge is -2.18. The van der Waals surface area contributed by atoms with Gasteiger partial charge in [0.25, 0.3) is 5.82 Å². The van der Waals surface area contributed by atoms with Crippen LogP contribution in [-0.2, 0) is 7.05 Å². The second kappa shape index (κ2) is 9.29. The molecule has 2 aromatic heterocycles. The lowest BCUT2D eigenvalue weighted by molar-refractivity contribution is -0.633. The molecule has 0 fully saturated rings. The minimum absolute atomic E-state index is 0.385. The zero-order valence-corrected chi connectivity index (χ0v) is 23.0.